The molecule has 0 aliphatic carbocycles. The van der Waals surface area contributed by atoms with Crippen LogP contribution in [0.5, 0.6) is 11.5 Å². The zero-order valence-corrected chi connectivity index (χ0v) is 43.9. The molecule has 9 heteroatoms. The van der Waals surface area contributed by atoms with Gasteiger partial charge in [0.2, 0.25) is 5.91 Å². The van der Waals surface area contributed by atoms with Crippen LogP contribution >= 0.6 is 0 Å². The number of aromatic nitrogens is 1. The van der Waals surface area contributed by atoms with Crippen molar-refractivity contribution in [2.24, 2.45) is 5.92 Å². The lowest BCUT2D eigenvalue weighted by Gasteiger charge is -2.35. The predicted octanol–water partition coefficient (Wildman–Crippen LogP) is 14.6. The van der Waals surface area contributed by atoms with Gasteiger partial charge in [0, 0.05) is 50.6 Å². The van der Waals surface area contributed by atoms with Gasteiger partial charge in [-0.15, -0.1) is 0 Å². The number of piperazine rings is 1. The van der Waals surface area contributed by atoms with Gasteiger partial charge in [0.05, 0.1) is 30.6 Å². The Morgan fingerprint density at radius 2 is 1.55 bits per heavy atom. The third-order valence-electron chi connectivity index (χ3n) is 11.0. The van der Waals surface area contributed by atoms with Crippen molar-refractivity contribution in [2.75, 3.05) is 55.7 Å². The quantitative estimate of drug-likeness (QED) is 0.119. The third-order valence-corrected chi connectivity index (χ3v) is 11.0. The van der Waals surface area contributed by atoms with E-state index in [1.165, 1.54) is 24.0 Å². The van der Waals surface area contributed by atoms with E-state index in [-0.39, 0.29) is 11.8 Å². The van der Waals surface area contributed by atoms with Crippen LogP contribution in [0.1, 0.15) is 123 Å². The van der Waals surface area contributed by atoms with E-state index in [1.54, 1.807) is 24.1 Å². The standard InChI is InChI=1S/C29H34N4O3.C21H23NO.C5H12.C3H8.C2H6/c1-5-21(3)7-8-23(6-2)24-9-11-26-27(19-24)36-18-17-33(29(26)35)25-10-12-28(30-20-25)32-15-13-31(14-16-32)22(4)34;1-4-6-14-22-17(3)20-13-12-19(16-21(20)23-15-5-2)18-10-8-7-9-11-18;1-4-5(2)3;1-3-2;1-2/h6-12,19-20H,2,5,13-18H2,1,3-4H3;4,6-14,16,22H,1,3,5,15H2,2H3;5H,4H2,1-3H3;3H2,1-2H3;1-2H3/b21-7-,23-8+;14-6+;;;. The molecule has 2 aliphatic heterocycles. The number of ether oxygens (including phenoxy) is 2. The number of hydrogen-bond acceptors (Lipinski definition) is 7. The summed E-state index contributed by atoms with van der Waals surface area (Å²) in [6, 6.07) is 26.0. The number of hydrogen-bond donors (Lipinski definition) is 1. The number of anilines is 2. The number of carbonyl (C=O) groups is 2. The van der Waals surface area contributed by atoms with Crippen LogP contribution in [-0.4, -0.2) is 67.6 Å². The predicted molar refractivity (Wildman–Crippen MR) is 296 cm³/mol. The summed E-state index contributed by atoms with van der Waals surface area (Å²) < 4.78 is 11.9. The number of allylic oxidation sites excluding steroid dienone is 7. The van der Waals surface area contributed by atoms with E-state index >= 15 is 0 Å². The summed E-state index contributed by atoms with van der Waals surface area (Å²) in [4.78, 5) is 35.4. The largest absolute Gasteiger partial charge is 0.493 e. The molecule has 3 heterocycles. The maximum absolute atomic E-state index is 13.5. The molecule has 1 aromatic heterocycles. The second-order valence-corrected chi connectivity index (χ2v) is 16.7. The van der Waals surface area contributed by atoms with Crippen molar-refractivity contribution in [2.45, 2.75) is 102 Å². The van der Waals surface area contributed by atoms with Gasteiger partial charge in [0.25, 0.3) is 5.91 Å². The average Bonchev–Trinajstić information content (AvgIpc) is 3.54. The molecule has 0 atom stereocenters. The fraction of sp³-hybridized carbons (Fsp3) is 0.383. The first-order valence-electron chi connectivity index (χ1n) is 25.0. The number of carbonyl (C=O) groups excluding carboxylic acids is 2. The van der Waals surface area contributed by atoms with Gasteiger partial charge in [-0.25, -0.2) is 4.98 Å². The van der Waals surface area contributed by atoms with Gasteiger partial charge in [0.1, 0.15) is 23.9 Å². The minimum Gasteiger partial charge on any atom is -0.493 e. The second-order valence-electron chi connectivity index (χ2n) is 16.7. The summed E-state index contributed by atoms with van der Waals surface area (Å²) in [5.74, 6) is 3.16. The van der Waals surface area contributed by atoms with E-state index in [2.05, 4.69) is 121 Å². The first-order valence-corrected chi connectivity index (χ1v) is 25.0. The molecule has 372 valence electrons. The molecule has 0 bridgehead atoms. The zero-order chi connectivity index (χ0) is 51.1. The molecule has 2 amide bonds. The lowest BCUT2D eigenvalue weighted by Crippen LogP contribution is -2.48. The molecule has 4 aromatic rings. The summed E-state index contributed by atoms with van der Waals surface area (Å²) in [7, 11) is 0. The average molecular weight is 938 g/mol. The zero-order valence-electron chi connectivity index (χ0n) is 43.9. The number of benzene rings is 3. The Balaban J connectivity index is 0.000000423. The van der Waals surface area contributed by atoms with E-state index < -0.39 is 0 Å². The summed E-state index contributed by atoms with van der Waals surface area (Å²) in [6.45, 7) is 38.9. The first kappa shape index (κ1) is 58.5. The minimum atomic E-state index is -0.107. The number of amides is 2. The van der Waals surface area contributed by atoms with Crippen LogP contribution in [0, 0.1) is 5.92 Å². The fourth-order valence-corrected chi connectivity index (χ4v) is 6.55. The molecule has 3 aromatic carbocycles. The molecule has 69 heavy (non-hydrogen) atoms. The van der Waals surface area contributed by atoms with Gasteiger partial charge < -0.3 is 29.5 Å². The van der Waals surface area contributed by atoms with Crippen molar-refractivity contribution in [3.05, 3.63) is 164 Å². The molecule has 2 aliphatic rings. The van der Waals surface area contributed by atoms with Gasteiger partial charge in [-0.3, -0.25) is 9.59 Å². The Bertz CT molecular complexity index is 2270. The molecule has 9 nitrogen and oxygen atoms in total. The second kappa shape index (κ2) is 33.0. The molecular weight excluding hydrogens is 855 g/mol. The lowest BCUT2D eigenvalue weighted by atomic mass is 10.0. The Hall–Kier alpha value is -6.61. The maximum atomic E-state index is 13.5. The Morgan fingerprint density at radius 3 is 2.12 bits per heavy atom. The highest BCUT2D eigenvalue weighted by Crippen LogP contribution is 2.32. The number of rotatable bonds is 15. The minimum absolute atomic E-state index is 0.104. The summed E-state index contributed by atoms with van der Waals surface area (Å²) >= 11 is 0. The highest BCUT2D eigenvalue weighted by atomic mass is 16.5. The topological polar surface area (TPSA) is 87.2 Å². The van der Waals surface area contributed by atoms with E-state index in [9.17, 15) is 9.59 Å². The van der Waals surface area contributed by atoms with Crippen molar-refractivity contribution in [3.63, 3.8) is 0 Å². The van der Waals surface area contributed by atoms with Crippen LogP contribution < -0.4 is 24.6 Å². The highest BCUT2D eigenvalue weighted by Gasteiger charge is 2.26. The van der Waals surface area contributed by atoms with Crippen molar-refractivity contribution in [1.82, 2.24) is 15.2 Å². The Morgan fingerprint density at radius 1 is 0.870 bits per heavy atom. The van der Waals surface area contributed by atoms with Crippen molar-refractivity contribution >= 4 is 34.6 Å². The molecular formula is C60H83N5O4. The fourth-order valence-electron chi connectivity index (χ4n) is 6.55. The summed E-state index contributed by atoms with van der Waals surface area (Å²) in [5, 5.41) is 3.15. The first-order chi connectivity index (χ1) is 33.3. The third kappa shape index (κ3) is 19.5. The van der Waals surface area contributed by atoms with Crippen molar-refractivity contribution in [1.29, 1.82) is 0 Å². The van der Waals surface area contributed by atoms with Gasteiger partial charge >= 0.3 is 0 Å². The van der Waals surface area contributed by atoms with Crippen molar-refractivity contribution in [3.8, 4) is 22.6 Å². The number of pyridine rings is 1. The number of nitrogens with zero attached hydrogens (tertiary/aromatic N) is 4. The van der Waals surface area contributed by atoms with Crippen LogP contribution in [0.3, 0.4) is 0 Å². The van der Waals surface area contributed by atoms with E-state index in [4.69, 9.17) is 9.47 Å². The lowest BCUT2D eigenvalue weighted by molar-refractivity contribution is -0.129. The summed E-state index contributed by atoms with van der Waals surface area (Å²) in [6.07, 6.45) is 17.6. The molecule has 0 saturated carbocycles. The normalized spacial score (nSPS) is 13.3. The molecule has 1 saturated heterocycles. The monoisotopic (exact) mass is 938 g/mol. The number of nitrogens with one attached hydrogen (secondary N) is 1. The van der Waals surface area contributed by atoms with E-state index in [0.29, 0.717) is 44.2 Å². The SMILES string of the molecule is C=C/C(=C\C=C(\C)CC)c1ccc2c(c1)OCCN(c1ccc(N3CCN(C(C)=O)CC3)nc1)C2=O.C=C/C=C/NC(=C)c1ccc(-c2ccccc2)cc1OCCC.CC.CCC.CCC(C)C. The van der Waals surface area contributed by atoms with Crippen LogP contribution in [0.4, 0.5) is 11.5 Å². The Kier molecular flexibility index (Phi) is 28.0. The van der Waals surface area contributed by atoms with Crippen molar-refractivity contribution < 1.29 is 19.1 Å². The number of fused-ring (bicyclic) bond motifs is 1. The van der Waals surface area contributed by atoms with E-state index in [1.807, 2.05) is 97.8 Å². The van der Waals surface area contributed by atoms with Gasteiger partial charge in [-0.1, -0.05) is 167 Å². The molecule has 6 rings (SSSR count). The van der Waals surface area contributed by atoms with Gasteiger partial charge in [0.15, 0.2) is 0 Å². The van der Waals surface area contributed by atoms with Gasteiger partial charge in [-0.05, 0) is 90.4 Å². The Labute approximate surface area is 417 Å². The highest BCUT2D eigenvalue weighted by molar-refractivity contribution is 6.08. The molecule has 1 fully saturated rings. The van der Waals surface area contributed by atoms with Crippen LogP contribution in [0.25, 0.3) is 22.4 Å². The molecule has 0 unspecified atom stereocenters. The molecule has 1 N–H and O–H groups in total. The molecule has 0 radical (unpaired) electrons. The van der Waals surface area contributed by atoms with Crippen LogP contribution in [-0.2, 0) is 4.79 Å². The van der Waals surface area contributed by atoms with E-state index in [0.717, 1.165) is 77.1 Å². The maximum Gasteiger partial charge on any atom is 0.262 e. The van der Waals surface area contributed by atoms with Crippen LogP contribution in [0.2, 0.25) is 0 Å². The summed E-state index contributed by atoms with van der Waals surface area (Å²) in [5.41, 5.74) is 8.56. The van der Waals surface area contributed by atoms with Gasteiger partial charge in [-0.2, -0.15) is 0 Å². The molecule has 0 spiro atoms. The smallest absolute Gasteiger partial charge is 0.262 e. The van der Waals surface area contributed by atoms with Crippen LogP contribution in [0.15, 0.2) is 147 Å².